The molecule has 0 heterocycles. The van der Waals surface area contributed by atoms with Gasteiger partial charge in [0, 0.05) is 12.1 Å². The molecule has 6 N–H and O–H groups in total. The van der Waals surface area contributed by atoms with Crippen molar-refractivity contribution in [2.45, 2.75) is 37.6 Å². The van der Waals surface area contributed by atoms with Crippen LogP contribution in [-0.4, -0.2) is 18.0 Å². The quantitative estimate of drug-likeness (QED) is 0.288. The zero-order valence-electron chi connectivity index (χ0n) is 7.97. The van der Waals surface area contributed by atoms with E-state index in [1.807, 2.05) is 0 Å². The van der Waals surface area contributed by atoms with Crippen LogP contribution in [0.4, 0.5) is 0 Å². The van der Waals surface area contributed by atoms with E-state index in [2.05, 4.69) is 11.7 Å². The lowest BCUT2D eigenvalue weighted by molar-refractivity contribution is 0.488. The van der Waals surface area contributed by atoms with Crippen molar-refractivity contribution in [3.8, 4) is 0 Å². The molecule has 1 aliphatic carbocycles. The molecule has 0 aromatic carbocycles. The first-order valence-electron chi connectivity index (χ1n) is 4.83. The summed E-state index contributed by atoms with van der Waals surface area (Å²) in [4.78, 5) is 0. The van der Waals surface area contributed by atoms with Gasteiger partial charge in [0.05, 0.1) is 0 Å². The molecule has 0 aromatic rings. The van der Waals surface area contributed by atoms with Crippen molar-refractivity contribution < 1.29 is 0 Å². The minimum Gasteiger partial charge on any atom is -0.370 e. The fourth-order valence-electron chi connectivity index (χ4n) is 1.80. The third-order valence-corrected chi connectivity index (χ3v) is 2.55. The zero-order chi connectivity index (χ0) is 9.73. The highest BCUT2D eigenvalue weighted by Crippen LogP contribution is 2.29. The molecule has 1 fully saturated rings. The summed E-state index contributed by atoms with van der Waals surface area (Å²) in [6.45, 7) is 0.717. The largest absolute Gasteiger partial charge is 0.370 e. The number of nitrogens with one attached hydrogen (secondary N) is 2. The van der Waals surface area contributed by atoms with E-state index in [4.69, 9.17) is 16.9 Å². The number of rotatable bonds is 4. The van der Waals surface area contributed by atoms with Gasteiger partial charge in [-0.05, 0) is 25.7 Å². The maximum absolute atomic E-state index is 6.95. The lowest BCUT2D eigenvalue weighted by Crippen LogP contribution is -2.38. The van der Waals surface area contributed by atoms with Crippen molar-refractivity contribution in [2.75, 3.05) is 6.54 Å². The first-order chi connectivity index (χ1) is 6.12. The van der Waals surface area contributed by atoms with Crippen molar-refractivity contribution in [3.63, 3.8) is 0 Å². The van der Waals surface area contributed by atoms with Gasteiger partial charge < -0.3 is 16.8 Å². The molecule has 0 amide bonds. The molecule has 1 saturated carbocycles. The number of guanidine groups is 1. The van der Waals surface area contributed by atoms with E-state index in [1.165, 1.54) is 12.8 Å². The number of hydrogen-bond donors (Lipinski definition) is 4. The van der Waals surface area contributed by atoms with E-state index in [1.54, 1.807) is 0 Å². The van der Waals surface area contributed by atoms with Crippen molar-refractivity contribution in [3.05, 3.63) is 6.42 Å². The van der Waals surface area contributed by atoms with E-state index in [-0.39, 0.29) is 11.5 Å². The van der Waals surface area contributed by atoms with Crippen LogP contribution < -0.4 is 16.8 Å². The lowest BCUT2D eigenvalue weighted by Gasteiger charge is -2.22. The average molecular weight is 183 g/mol. The predicted octanol–water partition coefficient (Wildman–Crippen LogP) is 0.335. The van der Waals surface area contributed by atoms with Crippen LogP contribution in [-0.2, 0) is 0 Å². The summed E-state index contributed by atoms with van der Waals surface area (Å²) in [6.07, 6.45) is 7.74. The van der Waals surface area contributed by atoms with Crippen molar-refractivity contribution in [1.29, 1.82) is 5.41 Å². The molecule has 13 heavy (non-hydrogen) atoms. The maximum atomic E-state index is 6.95. The molecule has 0 atom stereocenters. The molecule has 1 aliphatic rings. The van der Waals surface area contributed by atoms with Crippen LogP contribution in [0.15, 0.2) is 0 Å². The average Bonchev–Trinajstić information content (AvgIpc) is 2.47. The fraction of sp³-hybridized carbons (Fsp3) is 0.778. The van der Waals surface area contributed by atoms with Gasteiger partial charge in [-0.25, -0.2) is 0 Å². The van der Waals surface area contributed by atoms with Crippen LogP contribution in [0.25, 0.3) is 0 Å². The van der Waals surface area contributed by atoms with Crippen LogP contribution in [0.1, 0.15) is 32.1 Å². The Bertz CT molecular complexity index is 172. The second-order valence-corrected chi connectivity index (χ2v) is 3.77. The molecular weight excluding hydrogens is 164 g/mol. The third-order valence-electron chi connectivity index (χ3n) is 2.55. The summed E-state index contributed by atoms with van der Waals surface area (Å²) in [7, 11) is 0. The molecule has 0 aromatic heterocycles. The lowest BCUT2D eigenvalue weighted by atomic mass is 9.93. The van der Waals surface area contributed by atoms with Crippen LogP contribution in [0, 0.1) is 11.8 Å². The predicted molar refractivity (Wildman–Crippen MR) is 54.2 cm³/mol. The Morgan fingerprint density at radius 2 is 2.08 bits per heavy atom. The summed E-state index contributed by atoms with van der Waals surface area (Å²) in [5.41, 5.74) is 11.2. The molecule has 75 valence electrons. The van der Waals surface area contributed by atoms with Crippen molar-refractivity contribution >= 4 is 5.96 Å². The normalized spacial score (nSPS) is 20.1. The van der Waals surface area contributed by atoms with Crippen molar-refractivity contribution in [1.82, 2.24) is 5.32 Å². The second-order valence-electron chi connectivity index (χ2n) is 3.77. The molecule has 0 saturated heterocycles. The zero-order valence-corrected chi connectivity index (χ0v) is 7.97. The van der Waals surface area contributed by atoms with Gasteiger partial charge in [0.1, 0.15) is 0 Å². The Morgan fingerprint density at radius 1 is 1.46 bits per heavy atom. The van der Waals surface area contributed by atoms with Gasteiger partial charge in [0.2, 0.25) is 0 Å². The fourth-order valence-corrected chi connectivity index (χ4v) is 1.80. The summed E-state index contributed by atoms with van der Waals surface area (Å²) >= 11 is 0. The Kier molecular flexibility index (Phi) is 3.54. The molecular formula is C9H19N4. The highest BCUT2D eigenvalue weighted by atomic mass is 15.0. The minimum absolute atomic E-state index is 0.0332. The molecule has 0 bridgehead atoms. The highest BCUT2D eigenvalue weighted by molar-refractivity contribution is 5.74. The van der Waals surface area contributed by atoms with Crippen LogP contribution in [0.3, 0.4) is 0 Å². The Balaban J connectivity index is 2.07. The summed E-state index contributed by atoms with van der Waals surface area (Å²) in [6, 6.07) is 0. The van der Waals surface area contributed by atoms with Gasteiger partial charge in [-0.1, -0.05) is 12.8 Å². The van der Waals surface area contributed by atoms with Gasteiger partial charge in [0.25, 0.3) is 0 Å². The first-order valence-corrected chi connectivity index (χ1v) is 4.83. The molecule has 1 radical (unpaired) electrons. The van der Waals surface area contributed by atoms with Gasteiger partial charge in [-0.2, -0.15) is 0 Å². The van der Waals surface area contributed by atoms with E-state index in [0.717, 1.165) is 19.3 Å². The first kappa shape index (κ1) is 10.3. The topological polar surface area (TPSA) is 87.9 Å². The second kappa shape index (κ2) is 4.46. The molecule has 0 spiro atoms. The van der Waals surface area contributed by atoms with Gasteiger partial charge in [0.15, 0.2) is 5.96 Å². The molecule has 0 aliphatic heterocycles. The smallest absolute Gasteiger partial charge is 0.185 e. The van der Waals surface area contributed by atoms with E-state index < -0.39 is 0 Å². The van der Waals surface area contributed by atoms with Crippen LogP contribution in [0.5, 0.6) is 0 Å². The number of nitrogens with two attached hydrogens (primary N) is 2. The molecule has 1 rings (SSSR count). The molecule has 4 nitrogen and oxygen atoms in total. The molecule has 4 heteroatoms. The van der Waals surface area contributed by atoms with Gasteiger partial charge in [-0.15, -0.1) is 0 Å². The van der Waals surface area contributed by atoms with E-state index in [9.17, 15) is 0 Å². The summed E-state index contributed by atoms with van der Waals surface area (Å²) in [5.74, 6) is 0.0332. The van der Waals surface area contributed by atoms with Gasteiger partial charge in [-0.3, -0.25) is 5.41 Å². The van der Waals surface area contributed by atoms with Crippen LogP contribution >= 0.6 is 0 Å². The van der Waals surface area contributed by atoms with Crippen LogP contribution in [0.2, 0.25) is 0 Å². The maximum Gasteiger partial charge on any atom is 0.185 e. The minimum atomic E-state index is -0.0432. The Labute approximate surface area is 79.6 Å². The standard InChI is InChI=1S/C9H19N4/c10-8(11)13-7-3-6-9(12)4-1-2-5-9/h6H,1-5,7,12H2,(H4,10,11,13). The SMILES string of the molecule is N=C(N)NCC[CH]C1(N)CCCC1. The highest BCUT2D eigenvalue weighted by Gasteiger charge is 2.28. The number of hydrogen-bond acceptors (Lipinski definition) is 2. The molecule has 0 unspecified atom stereocenters. The third kappa shape index (κ3) is 3.63. The van der Waals surface area contributed by atoms with Gasteiger partial charge >= 0.3 is 0 Å². The monoisotopic (exact) mass is 183 g/mol. The van der Waals surface area contributed by atoms with E-state index >= 15 is 0 Å². The van der Waals surface area contributed by atoms with E-state index in [0.29, 0.717) is 6.54 Å². The summed E-state index contributed by atoms with van der Waals surface area (Å²) in [5, 5.41) is 9.71. The Hall–Kier alpha value is -0.770. The summed E-state index contributed by atoms with van der Waals surface area (Å²) < 4.78 is 0. The van der Waals surface area contributed by atoms with Crippen molar-refractivity contribution in [2.24, 2.45) is 11.5 Å². The Morgan fingerprint density at radius 3 is 2.62 bits per heavy atom.